The minimum atomic E-state index is -0.938. The Morgan fingerprint density at radius 3 is 2.88 bits per heavy atom. The lowest BCUT2D eigenvalue weighted by Gasteiger charge is -2.00. The first-order valence-electron chi connectivity index (χ1n) is 5.09. The summed E-state index contributed by atoms with van der Waals surface area (Å²) in [5, 5.41) is 13.8. The van der Waals surface area contributed by atoms with Crippen LogP contribution in [0.3, 0.4) is 0 Å². The van der Waals surface area contributed by atoms with Gasteiger partial charge < -0.3 is 5.11 Å². The Hall–Kier alpha value is -1.33. The number of hydrogen-bond donors (Lipinski definition) is 1. The molecule has 0 aliphatic carbocycles. The monoisotopic (exact) mass is 265 g/mol. The number of aromatic carboxylic acids is 1. The van der Waals surface area contributed by atoms with Gasteiger partial charge in [-0.1, -0.05) is 0 Å². The summed E-state index contributed by atoms with van der Waals surface area (Å²) in [6, 6.07) is 5.45. The molecular weight excluding hydrogens is 254 g/mol. The topological polar surface area (TPSA) is 50.2 Å². The highest BCUT2D eigenvalue weighted by Gasteiger charge is 2.03. The van der Waals surface area contributed by atoms with Gasteiger partial charge in [0.15, 0.2) is 0 Å². The van der Waals surface area contributed by atoms with Crippen LogP contribution in [0.25, 0.3) is 0 Å². The minimum absolute atomic E-state index is 0.229. The van der Waals surface area contributed by atoms with Crippen LogP contribution in [0.1, 0.15) is 15.9 Å². The second kappa shape index (κ2) is 5.84. The van der Waals surface area contributed by atoms with Crippen molar-refractivity contribution in [3.05, 3.63) is 46.3 Å². The van der Waals surface area contributed by atoms with Crippen LogP contribution < -0.4 is 0 Å². The maximum Gasteiger partial charge on any atom is 0.337 e. The fraction of sp³-hybridized carbons (Fsp3) is 0.167. The molecule has 0 radical (unpaired) electrons. The van der Waals surface area contributed by atoms with E-state index in [1.54, 1.807) is 35.2 Å². The van der Waals surface area contributed by atoms with Gasteiger partial charge in [-0.25, -0.2) is 9.78 Å². The van der Waals surface area contributed by atoms with Gasteiger partial charge in [0.2, 0.25) is 0 Å². The zero-order chi connectivity index (χ0) is 12.1. The first-order valence-corrected chi connectivity index (χ1v) is 7.02. The largest absolute Gasteiger partial charge is 0.478 e. The molecule has 2 rings (SSSR count). The molecule has 0 aliphatic heterocycles. The highest BCUT2D eigenvalue weighted by atomic mass is 32.2. The molecule has 0 unspecified atom stereocenters. The van der Waals surface area contributed by atoms with Gasteiger partial charge in [0.05, 0.1) is 10.6 Å². The average molecular weight is 265 g/mol. The Kier molecular flexibility index (Phi) is 4.17. The molecule has 0 spiro atoms. The van der Waals surface area contributed by atoms with Crippen LogP contribution in [0.2, 0.25) is 0 Å². The third-order valence-corrected chi connectivity index (χ3v) is 3.88. The molecular formula is C12H11NO2S2. The van der Waals surface area contributed by atoms with E-state index in [0.717, 1.165) is 17.2 Å². The Bertz CT molecular complexity index is 480. The van der Waals surface area contributed by atoms with Crippen molar-refractivity contribution in [1.29, 1.82) is 0 Å². The number of carbonyl (C=O) groups is 1. The number of carboxylic acid groups (broad SMARTS) is 1. The summed E-state index contributed by atoms with van der Waals surface area (Å²) >= 11 is 3.34. The number of thiophene rings is 1. The zero-order valence-corrected chi connectivity index (χ0v) is 10.6. The van der Waals surface area contributed by atoms with Crippen molar-refractivity contribution in [3.63, 3.8) is 0 Å². The quantitative estimate of drug-likeness (QED) is 0.844. The van der Waals surface area contributed by atoms with Crippen LogP contribution in [0.5, 0.6) is 0 Å². The Morgan fingerprint density at radius 2 is 2.29 bits per heavy atom. The third-order valence-electron chi connectivity index (χ3n) is 2.20. The number of hydrogen-bond acceptors (Lipinski definition) is 4. The fourth-order valence-electron chi connectivity index (χ4n) is 1.30. The maximum absolute atomic E-state index is 10.6. The molecule has 0 fully saturated rings. The molecule has 5 heteroatoms. The van der Waals surface area contributed by atoms with Gasteiger partial charge in [0.1, 0.15) is 0 Å². The smallest absolute Gasteiger partial charge is 0.337 e. The predicted molar refractivity (Wildman–Crippen MR) is 69.9 cm³/mol. The first kappa shape index (κ1) is 12.1. The molecule has 0 saturated carbocycles. The molecule has 0 bridgehead atoms. The van der Waals surface area contributed by atoms with E-state index in [-0.39, 0.29) is 5.56 Å². The molecule has 2 aromatic rings. The zero-order valence-electron chi connectivity index (χ0n) is 9.00. The van der Waals surface area contributed by atoms with E-state index >= 15 is 0 Å². The Morgan fingerprint density at radius 1 is 1.41 bits per heavy atom. The van der Waals surface area contributed by atoms with Crippen molar-refractivity contribution in [1.82, 2.24) is 4.98 Å². The Labute approximate surface area is 108 Å². The van der Waals surface area contributed by atoms with Crippen LogP contribution in [0.15, 0.2) is 40.2 Å². The normalized spacial score (nSPS) is 10.4. The van der Waals surface area contributed by atoms with Gasteiger partial charge in [0, 0.05) is 11.9 Å². The highest BCUT2D eigenvalue weighted by molar-refractivity contribution is 7.99. The van der Waals surface area contributed by atoms with Crippen molar-refractivity contribution in [2.75, 3.05) is 5.75 Å². The van der Waals surface area contributed by atoms with Crippen molar-refractivity contribution >= 4 is 29.1 Å². The molecule has 3 nitrogen and oxygen atoms in total. The molecule has 2 aromatic heterocycles. The van der Waals surface area contributed by atoms with Crippen LogP contribution >= 0.6 is 23.1 Å². The second-order valence-corrected chi connectivity index (χ2v) is 5.32. The minimum Gasteiger partial charge on any atom is -0.478 e. The van der Waals surface area contributed by atoms with Gasteiger partial charge in [-0.3, -0.25) is 0 Å². The Balaban J connectivity index is 1.85. The second-order valence-electron chi connectivity index (χ2n) is 3.42. The van der Waals surface area contributed by atoms with Crippen molar-refractivity contribution in [2.45, 2.75) is 11.4 Å². The van der Waals surface area contributed by atoms with E-state index in [1.165, 1.54) is 11.8 Å². The van der Waals surface area contributed by atoms with E-state index in [9.17, 15) is 4.79 Å². The van der Waals surface area contributed by atoms with Crippen molar-refractivity contribution in [3.8, 4) is 0 Å². The standard InChI is InChI=1S/C12H11NO2S2/c14-12(15)10-1-2-11(13-7-10)17-6-4-9-3-5-16-8-9/h1-3,5,7-8H,4,6H2,(H,14,15). The molecule has 2 heterocycles. The number of pyridine rings is 1. The maximum atomic E-state index is 10.6. The lowest BCUT2D eigenvalue weighted by molar-refractivity contribution is 0.0696. The summed E-state index contributed by atoms with van der Waals surface area (Å²) in [6.45, 7) is 0. The van der Waals surface area contributed by atoms with E-state index < -0.39 is 5.97 Å². The van der Waals surface area contributed by atoms with Crippen LogP contribution in [0, 0.1) is 0 Å². The highest BCUT2D eigenvalue weighted by Crippen LogP contribution is 2.18. The van der Waals surface area contributed by atoms with Gasteiger partial charge in [-0.2, -0.15) is 11.3 Å². The molecule has 0 saturated heterocycles. The lowest BCUT2D eigenvalue weighted by atomic mass is 10.3. The number of thioether (sulfide) groups is 1. The van der Waals surface area contributed by atoms with Gasteiger partial charge in [-0.05, 0) is 40.9 Å². The average Bonchev–Trinajstić information content (AvgIpc) is 2.83. The number of aryl methyl sites for hydroxylation is 1. The van der Waals surface area contributed by atoms with E-state index in [2.05, 4.69) is 21.8 Å². The summed E-state index contributed by atoms with van der Waals surface area (Å²) in [6.07, 6.45) is 2.41. The molecule has 88 valence electrons. The van der Waals surface area contributed by atoms with Crippen LogP contribution in [-0.4, -0.2) is 21.8 Å². The van der Waals surface area contributed by atoms with Crippen molar-refractivity contribution in [2.24, 2.45) is 0 Å². The van der Waals surface area contributed by atoms with Gasteiger partial charge in [0.25, 0.3) is 0 Å². The summed E-state index contributed by atoms with van der Waals surface area (Å²) in [5.74, 6) is 0.0169. The van der Waals surface area contributed by atoms with Gasteiger partial charge in [-0.15, -0.1) is 11.8 Å². The summed E-state index contributed by atoms with van der Waals surface area (Å²) < 4.78 is 0. The first-order chi connectivity index (χ1) is 8.25. The third kappa shape index (κ3) is 3.57. The number of carboxylic acids is 1. The summed E-state index contributed by atoms with van der Waals surface area (Å²) in [7, 11) is 0. The van der Waals surface area contributed by atoms with Crippen LogP contribution in [0.4, 0.5) is 0 Å². The number of nitrogens with zero attached hydrogens (tertiary/aromatic N) is 1. The van der Waals surface area contributed by atoms with E-state index in [0.29, 0.717) is 0 Å². The number of aromatic nitrogens is 1. The van der Waals surface area contributed by atoms with Crippen molar-refractivity contribution < 1.29 is 9.90 Å². The van der Waals surface area contributed by atoms with E-state index in [1.807, 2.05) is 0 Å². The molecule has 0 aromatic carbocycles. The molecule has 0 amide bonds. The fourth-order valence-corrected chi connectivity index (χ4v) is 2.84. The molecule has 0 atom stereocenters. The SMILES string of the molecule is O=C(O)c1ccc(SCCc2ccsc2)nc1. The van der Waals surface area contributed by atoms with E-state index in [4.69, 9.17) is 5.11 Å². The summed E-state index contributed by atoms with van der Waals surface area (Å²) in [4.78, 5) is 14.7. The summed E-state index contributed by atoms with van der Waals surface area (Å²) in [5.41, 5.74) is 1.57. The van der Waals surface area contributed by atoms with Gasteiger partial charge >= 0.3 is 5.97 Å². The van der Waals surface area contributed by atoms with Crippen LogP contribution in [-0.2, 0) is 6.42 Å². The number of rotatable bonds is 5. The molecule has 17 heavy (non-hydrogen) atoms. The molecule has 0 aliphatic rings. The predicted octanol–water partition coefficient (Wildman–Crippen LogP) is 3.18. The lowest BCUT2D eigenvalue weighted by Crippen LogP contribution is -1.97. The molecule has 1 N–H and O–H groups in total.